The van der Waals surface area contributed by atoms with Crippen molar-refractivity contribution in [1.29, 1.82) is 0 Å². The van der Waals surface area contributed by atoms with Gasteiger partial charge in [-0.2, -0.15) is 9.97 Å². The largest absolute Gasteiger partial charge is 0.461 e. The summed E-state index contributed by atoms with van der Waals surface area (Å²) in [5.74, 6) is -1.48. The molecule has 0 radical (unpaired) electrons. The molecule has 326 valence electrons. The molecule has 8 heterocycles. The van der Waals surface area contributed by atoms with E-state index in [1.165, 1.54) is 42.5 Å². The third-order valence-electron chi connectivity index (χ3n) is 12.8. The van der Waals surface area contributed by atoms with Crippen molar-refractivity contribution in [3.63, 3.8) is 0 Å². The lowest BCUT2D eigenvalue weighted by Gasteiger charge is -2.42. The fraction of sp³-hybridized carbons (Fsp3) is 0.558. The van der Waals surface area contributed by atoms with E-state index in [4.69, 9.17) is 18.9 Å². The van der Waals surface area contributed by atoms with Crippen molar-refractivity contribution in [3.05, 3.63) is 47.7 Å². The van der Waals surface area contributed by atoms with Gasteiger partial charge in [-0.25, -0.2) is 31.5 Å². The van der Waals surface area contributed by atoms with Gasteiger partial charge in [0.25, 0.3) is 0 Å². The van der Waals surface area contributed by atoms with Gasteiger partial charge in [0.1, 0.15) is 47.5 Å². The zero-order chi connectivity index (χ0) is 42.7. The summed E-state index contributed by atoms with van der Waals surface area (Å²) in [6.07, 6.45) is -0.172. The van der Waals surface area contributed by atoms with E-state index >= 15 is 17.6 Å². The third-order valence-corrected chi connectivity index (χ3v) is 12.8. The van der Waals surface area contributed by atoms with Gasteiger partial charge >= 0.3 is 18.2 Å². The SMILES string of the molecule is COC[C@]1(F)CCCN(C(=O)Oc2cc3c4c(c(F)ccc4c2)CCCOC(=O)N[C@]2(C)C[C@@H](F)CN(C2)c2nc(OC[C@@]45CCCN4C[C@H](F)C5)nc4c(F)c-3ncc24)C1. The van der Waals surface area contributed by atoms with Crippen molar-refractivity contribution in [3.8, 4) is 23.0 Å². The molecule has 0 spiro atoms. The summed E-state index contributed by atoms with van der Waals surface area (Å²) >= 11 is 0. The first-order valence-corrected chi connectivity index (χ1v) is 20.9. The Hall–Kier alpha value is -5.10. The summed E-state index contributed by atoms with van der Waals surface area (Å²) in [6.45, 7) is 2.26. The minimum atomic E-state index is -1.76. The predicted octanol–water partition coefficient (Wildman–Crippen LogP) is 7.01. The number of carbonyl (C=O) groups is 2. The minimum absolute atomic E-state index is 0.0292. The highest BCUT2D eigenvalue weighted by Crippen LogP contribution is 2.43. The summed E-state index contributed by atoms with van der Waals surface area (Å²) in [5, 5.41) is 3.55. The van der Waals surface area contributed by atoms with Gasteiger partial charge in [0.2, 0.25) is 0 Å². The van der Waals surface area contributed by atoms with Gasteiger partial charge in [0.15, 0.2) is 11.5 Å². The molecule has 2 aromatic carbocycles. The van der Waals surface area contributed by atoms with E-state index in [2.05, 4.69) is 25.2 Å². The number of fused-ring (bicyclic) bond motifs is 7. The molecule has 13 nitrogen and oxygen atoms in total. The minimum Gasteiger partial charge on any atom is -0.461 e. The molecule has 4 fully saturated rings. The molecule has 10 rings (SSSR count). The summed E-state index contributed by atoms with van der Waals surface area (Å²) in [7, 11) is 1.39. The molecule has 5 atom stereocenters. The van der Waals surface area contributed by atoms with E-state index in [1.54, 1.807) is 11.8 Å². The number of pyridine rings is 1. The molecule has 2 aromatic heterocycles. The van der Waals surface area contributed by atoms with Crippen molar-refractivity contribution in [2.75, 3.05) is 71.1 Å². The molecule has 18 heteroatoms. The zero-order valence-electron chi connectivity index (χ0n) is 34.1. The molecule has 61 heavy (non-hydrogen) atoms. The van der Waals surface area contributed by atoms with Crippen LogP contribution in [-0.4, -0.2) is 132 Å². The summed E-state index contributed by atoms with van der Waals surface area (Å²) in [6, 6.07) is 5.37. The van der Waals surface area contributed by atoms with Gasteiger partial charge in [0, 0.05) is 51.3 Å². The predicted molar refractivity (Wildman–Crippen MR) is 214 cm³/mol. The average Bonchev–Trinajstić information content (AvgIpc) is 3.74. The van der Waals surface area contributed by atoms with E-state index < -0.39 is 52.9 Å². The van der Waals surface area contributed by atoms with Gasteiger partial charge in [-0.1, -0.05) is 6.07 Å². The second-order valence-electron chi connectivity index (χ2n) is 17.6. The number of amides is 2. The number of alkyl carbamates (subject to hydrolysis) is 1. The molecular formula is C43H48F5N7O6. The second kappa shape index (κ2) is 16.0. The van der Waals surface area contributed by atoms with Crippen molar-refractivity contribution < 1.29 is 50.5 Å². The normalized spacial score (nSPS) is 28.2. The Balaban J connectivity index is 1.19. The Labute approximate surface area is 348 Å². The highest BCUT2D eigenvalue weighted by Gasteiger charge is 2.49. The topological polar surface area (TPSA) is 131 Å². The van der Waals surface area contributed by atoms with E-state index in [0.717, 1.165) is 6.42 Å². The number of aryl methyl sites for hydroxylation is 1. The highest BCUT2D eigenvalue weighted by molar-refractivity contribution is 6.02. The number of anilines is 1. The number of nitrogens with zero attached hydrogens (tertiary/aromatic N) is 6. The molecular weight excluding hydrogens is 806 g/mol. The van der Waals surface area contributed by atoms with Crippen LogP contribution in [0.1, 0.15) is 57.4 Å². The number of aromatic nitrogens is 3. The smallest absolute Gasteiger partial charge is 0.415 e. The Bertz CT molecular complexity index is 2380. The standard InChI is InChI=1S/C43H48F5N7O6/c1-41-16-26(44)19-54(21-41)37-31-18-49-35(34(47)36(31)50-38(51-37)60-24-43-10-5-12-55(43)20-27(45)17-43)30-15-28(61-40(57)53-11-4-9-42(48,22-53)23-58-2)14-25-7-8-32(46)29(33(25)30)6-3-13-59-39(56)52-41/h7-8,14-15,18,26-27H,3-6,9-13,16-17,19-24H2,1-2H3,(H,52,56)/t26-,27-,41-,42+,43+/m1/s1. The molecule has 2 amide bonds. The monoisotopic (exact) mass is 853 g/mol. The van der Waals surface area contributed by atoms with Crippen LogP contribution in [0, 0.1) is 11.6 Å². The zero-order valence-corrected chi connectivity index (χ0v) is 34.1. The van der Waals surface area contributed by atoms with Crippen molar-refractivity contribution >= 4 is 39.7 Å². The molecule has 0 aliphatic carbocycles. The van der Waals surface area contributed by atoms with E-state index in [0.29, 0.717) is 24.8 Å². The number of nitrogens with one attached hydrogen (secondary N) is 1. The fourth-order valence-electron chi connectivity index (χ4n) is 10.2. The summed E-state index contributed by atoms with van der Waals surface area (Å²) in [5.41, 5.74) is -3.78. The van der Waals surface area contributed by atoms with Crippen LogP contribution in [0.2, 0.25) is 0 Å². The molecule has 0 unspecified atom stereocenters. The number of alkyl halides is 3. The maximum atomic E-state index is 17.6. The van der Waals surface area contributed by atoms with Crippen molar-refractivity contribution in [2.45, 2.75) is 87.4 Å². The molecule has 6 aliphatic rings. The number of hydrogen-bond donors (Lipinski definition) is 1. The first-order chi connectivity index (χ1) is 29.2. The maximum Gasteiger partial charge on any atom is 0.415 e. The Morgan fingerprint density at radius 3 is 2.67 bits per heavy atom. The van der Waals surface area contributed by atoms with Gasteiger partial charge in [-0.05, 0) is 86.5 Å². The van der Waals surface area contributed by atoms with Crippen LogP contribution >= 0.6 is 0 Å². The molecule has 4 aromatic rings. The Kier molecular flexibility index (Phi) is 10.8. The number of carbonyl (C=O) groups excluding carboxylic acids is 2. The Morgan fingerprint density at radius 2 is 1.84 bits per heavy atom. The van der Waals surface area contributed by atoms with Gasteiger partial charge in [-0.15, -0.1) is 0 Å². The number of benzene rings is 2. The average molecular weight is 854 g/mol. The summed E-state index contributed by atoms with van der Waals surface area (Å²) < 4.78 is 102. The summed E-state index contributed by atoms with van der Waals surface area (Å²) in [4.78, 5) is 45.4. The van der Waals surface area contributed by atoms with Gasteiger partial charge in [0.05, 0.1) is 42.8 Å². The van der Waals surface area contributed by atoms with Crippen LogP contribution in [0.25, 0.3) is 32.9 Å². The highest BCUT2D eigenvalue weighted by atomic mass is 19.2. The number of rotatable bonds is 6. The number of piperidine rings is 2. The lowest BCUT2D eigenvalue weighted by atomic mass is 9.90. The van der Waals surface area contributed by atoms with Crippen molar-refractivity contribution in [1.82, 2.24) is 30.1 Å². The van der Waals surface area contributed by atoms with Crippen LogP contribution in [0.5, 0.6) is 11.8 Å². The third kappa shape index (κ3) is 7.96. The van der Waals surface area contributed by atoms with Gasteiger partial charge < -0.3 is 34.1 Å². The lowest BCUT2D eigenvalue weighted by molar-refractivity contribution is -0.0112. The molecule has 1 N–H and O–H groups in total. The molecule has 6 aliphatic heterocycles. The first-order valence-electron chi connectivity index (χ1n) is 20.9. The van der Waals surface area contributed by atoms with Crippen LogP contribution in [-0.2, 0) is 15.9 Å². The number of likely N-dealkylation sites (tertiary alicyclic amines) is 1. The van der Waals surface area contributed by atoms with Crippen molar-refractivity contribution in [2.24, 2.45) is 0 Å². The first kappa shape index (κ1) is 41.3. The maximum absolute atomic E-state index is 17.6. The molecule has 6 bridgehead atoms. The van der Waals surface area contributed by atoms with Gasteiger partial charge in [-0.3, -0.25) is 9.88 Å². The molecule has 0 saturated carbocycles. The van der Waals surface area contributed by atoms with Crippen LogP contribution in [0.3, 0.4) is 0 Å². The van der Waals surface area contributed by atoms with Crippen LogP contribution < -0.4 is 19.7 Å². The number of methoxy groups -OCH3 is 1. The molecule has 4 saturated heterocycles. The Morgan fingerprint density at radius 1 is 1.02 bits per heavy atom. The van der Waals surface area contributed by atoms with E-state index in [1.807, 2.05) is 0 Å². The number of ether oxygens (including phenoxy) is 4. The quantitative estimate of drug-likeness (QED) is 0.201. The number of halogens is 5. The van der Waals surface area contributed by atoms with E-state index in [-0.39, 0.29) is 135 Å². The van der Waals surface area contributed by atoms with Crippen LogP contribution in [0.4, 0.5) is 37.4 Å². The van der Waals surface area contributed by atoms with E-state index in [9.17, 15) is 14.0 Å². The van der Waals surface area contributed by atoms with Crippen LogP contribution in [0.15, 0.2) is 30.5 Å². The lowest BCUT2D eigenvalue weighted by Crippen LogP contribution is -2.60. The fourth-order valence-corrected chi connectivity index (χ4v) is 10.2. The number of hydrogen-bond acceptors (Lipinski definition) is 11. The second-order valence-corrected chi connectivity index (χ2v) is 17.6.